The molecule has 1 aliphatic rings. The van der Waals surface area contributed by atoms with Crippen LogP contribution in [0.2, 0.25) is 0 Å². The predicted octanol–water partition coefficient (Wildman–Crippen LogP) is 1.72. The highest BCUT2D eigenvalue weighted by Gasteiger charge is 2.26. The molecule has 0 unspecified atom stereocenters. The molecule has 0 spiro atoms. The Labute approximate surface area is 156 Å². The van der Waals surface area contributed by atoms with E-state index in [2.05, 4.69) is 42.4 Å². The molecule has 140 valence electrons. The third-order valence-corrected chi connectivity index (χ3v) is 5.32. The molecule has 1 aromatic rings. The summed E-state index contributed by atoms with van der Waals surface area (Å²) in [5, 5.41) is 19.6. The van der Waals surface area contributed by atoms with E-state index in [1.807, 2.05) is 12.1 Å². The van der Waals surface area contributed by atoms with E-state index < -0.39 is 0 Å². The Hall–Kier alpha value is -1.24. The van der Waals surface area contributed by atoms with Crippen molar-refractivity contribution in [3.05, 3.63) is 29.8 Å². The Morgan fingerprint density at radius 2 is 2.12 bits per heavy atom. The van der Waals surface area contributed by atoms with Crippen molar-refractivity contribution in [1.82, 2.24) is 16.0 Å². The van der Waals surface area contributed by atoms with Gasteiger partial charge in [0, 0.05) is 30.9 Å². The predicted molar refractivity (Wildman–Crippen MR) is 105 cm³/mol. The minimum absolute atomic E-state index is 0.0635. The van der Waals surface area contributed by atoms with Crippen molar-refractivity contribution in [2.75, 3.05) is 19.6 Å². The second-order valence-electron chi connectivity index (χ2n) is 6.97. The second kappa shape index (κ2) is 10.0. The summed E-state index contributed by atoms with van der Waals surface area (Å²) in [6.07, 6.45) is 2.74. The zero-order valence-corrected chi connectivity index (χ0v) is 16.1. The normalized spacial score (nSPS) is 22.5. The van der Waals surface area contributed by atoms with Gasteiger partial charge in [-0.1, -0.05) is 32.4 Å². The summed E-state index contributed by atoms with van der Waals surface area (Å²) in [6, 6.07) is 7.31. The number of amides is 1. The van der Waals surface area contributed by atoms with Crippen LogP contribution in [0.4, 0.5) is 0 Å². The average molecular weight is 366 g/mol. The van der Waals surface area contributed by atoms with E-state index in [0.717, 1.165) is 37.9 Å². The SMILES string of the molecule is CC[C@H](C)[C@H](NC[C@H]1C[C@@H](S)CN1)C(=O)NCCc1ccc(O)cc1. The number of hydrogen-bond donors (Lipinski definition) is 5. The van der Waals surface area contributed by atoms with E-state index in [9.17, 15) is 9.90 Å². The first-order valence-electron chi connectivity index (χ1n) is 9.20. The van der Waals surface area contributed by atoms with Crippen LogP contribution in [0, 0.1) is 5.92 Å². The van der Waals surface area contributed by atoms with Gasteiger partial charge in [0.1, 0.15) is 5.75 Å². The Balaban J connectivity index is 1.79. The van der Waals surface area contributed by atoms with Crippen molar-refractivity contribution >= 4 is 18.5 Å². The molecule has 0 saturated carbocycles. The lowest BCUT2D eigenvalue weighted by molar-refractivity contribution is -0.124. The molecule has 1 aromatic carbocycles. The molecule has 6 heteroatoms. The molecular formula is C19H31N3O2S. The van der Waals surface area contributed by atoms with Gasteiger partial charge in [0.25, 0.3) is 0 Å². The van der Waals surface area contributed by atoms with Gasteiger partial charge in [-0.15, -0.1) is 0 Å². The number of carbonyl (C=O) groups is 1. The number of thiol groups is 1. The molecule has 1 aliphatic heterocycles. The average Bonchev–Trinajstić information content (AvgIpc) is 3.02. The van der Waals surface area contributed by atoms with Crippen LogP contribution in [0.25, 0.3) is 0 Å². The van der Waals surface area contributed by atoms with Crippen molar-refractivity contribution in [2.24, 2.45) is 5.92 Å². The van der Waals surface area contributed by atoms with Crippen molar-refractivity contribution in [3.63, 3.8) is 0 Å². The van der Waals surface area contributed by atoms with E-state index >= 15 is 0 Å². The minimum atomic E-state index is -0.175. The van der Waals surface area contributed by atoms with Crippen molar-refractivity contribution < 1.29 is 9.90 Å². The van der Waals surface area contributed by atoms with Crippen LogP contribution in [0.15, 0.2) is 24.3 Å². The highest BCUT2D eigenvalue weighted by Crippen LogP contribution is 2.13. The molecule has 1 amide bonds. The summed E-state index contributed by atoms with van der Waals surface area (Å²) < 4.78 is 0. The summed E-state index contributed by atoms with van der Waals surface area (Å²) in [5.74, 6) is 0.605. The highest BCUT2D eigenvalue weighted by atomic mass is 32.1. The van der Waals surface area contributed by atoms with Gasteiger partial charge in [-0.3, -0.25) is 4.79 Å². The Kier molecular flexibility index (Phi) is 8.06. The lowest BCUT2D eigenvalue weighted by Gasteiger charge is -2.25. The summed E-state index contributed by atoms with van der Waals surface area (Å²) in [4.78, 5) is 12.6. The molecular weight excluding hydrogens is 334 g/mol. The number of nitrogens with one attached hydrogen (secondary N) is 3. The molecule has 0 radical (unpaired) electrons. The molecule has 2 rings (SSSR count). The maximum Gasteiger partial charge on any atom is 0.237 e. The topological polar surface area (TPSA) is 73.4 Å². The number of phenols is 1. The quantitative estimate of drug-likeness (QED) is 0.432. The summed E-state index contributed by atoms with van der Waals surface area (Å²) >= 11 is 4.50. The van der Waals surface area contributed by atoms with Gasteiger partial charge in [-0.25, -0.2) is 0 Å². The molecule has 0 aromatic heterocycles. The summed E-state index contributed by atoms with van der Waals surface area (Å²) in [5.41, 5.74) is 1.10. The first-order chi connectivity index (χ1) is 12.0. The lowest BCUT2D eigenvalue weighted by atomic mass is 9.98. The second-order valence-corrected chi connectivity index (χ2v) is 7.70. The number of phenolic OH excluding ortho intramolecular Hbond substituents is 1. The van der Waals surface area contributed by atoms with Crippen LogP contribution in [-0.4, -0.2) is 48.0 Å². The molecule has 1 saturated heterocycles. The molecule has 1 heterocycles. The monoisotopic (exact) mass is 365 g/mol. The van der Waals surface area contributed by atoms with Crippen LogP contribution in [0.5, 0.6) is 5.75 Å². The molecule has 0 aliphatic carbocycles. The van der Waals surface area contributed by atoms with Crippen LogP contribution < -0.4 is 16.0 Å². The fourth-order valence-corrected chi connectivity index (χ4v) is 3.47. The zero-order valence-electron chi connectivity index (χ0n) is 15.2. The Morgan fingerprint density at radius 3 is 2.72 bits per heavy atom. The Bertz CT molecular complexity index is 538. The smallest absolute Gasteiger partial charge is 0.237 e. The van der Waals surface area contributed by atoms with Crippen molar-refractivity contribution in [2.45, 2.75) is 50.4 Å². The number of rotatable bonds is 9. The lowest BCUT2D eigenvalue weighted by Crippen LogP contribution is -2.51. The van der Waals surface area contributed by atoms with Gasteiger partial charge < -0.3 is 21.1 Å². The van der Waals surface area contributed by atoms with E-state index in [1.165, 1.54) is 0 Å². The molecule has 0 bridgehead atoms. The number of benzene rings is 1. The largest absolute Gasteiger partial charge is 0.508 e. The standard InChI is InChI=1S/C19H31N3O2S/c1-3-13(2)18(22-11-15-10-17(25)12-21-15)19(24)20-9-8-14-4-6-16(23)7-5-14/h4-7,13,15,17-18,21-23,25H,3,8-12H2,1-2H3,(H,20,24)/t13-,15+,17+,18-/m0/s1. The maximum absolute atomic E-state index is 12.6. The summed E-state index contributed by atoms with van der Waals surface area (Å²) in [6.45, 7) is 6.54. The van der Waals surface area contributed by atoms with Gasteiger partial charge in [0.05, 0.1) is 6.04 Å². The Morgan fingerprint density at radius 1 is 1.40 bits per heavy atom. The number of carbonyl (C=O) groups excluding carboxylic acids is 1. The molecule has 5 nitrogen and oxygen atoms in total. The van der Waals surface area contributed by atoms with Gasteiger partial charge >= 0.3 is 0 Å². The van der Waals surface area contributed by atoms with Crippen molar-refractivity contribution in [3.8, 4) is 5.75 Å². The van der Waals surface area contributed by atoms with Crippen molar-refractivity contribution in [1.29, 1.82) is 0 Å². The van der Waals surface area contributed by atoms with Crippen LogP contribution in [0.1, 0.15) is 32.3 Å². The minimum Gasteiger partial charge on any atom is -0.508 e. The van der Waals surface area contributed by atoms with Crippen LogP contribution in [-0.2, 0) is 11.2 Å². The number of aromatic hydroxyl groups is 1. The first kappa shape index (κ1) is 20.1. The molecule has 25 heavy (non-hydrogen) atoms. The maximum atomic E-state index is 12.6. The number of hydrogen-bond acceptors (Lipinski definition) is 5. The summed E-state index contributed by atoms with van der Waals surface area (Å²) in [7, 11) is 0. The third kappa shape index (κ3) is 6.53. The fraction of sp³-hybridized carbons (Fsp3) is 0.632. The highest BCUT2D eigenvalue weighted by molar-refractivity contribution is 7.81. The van der Waals surface area contributed by atoms with Gasteiger partial charge in [0.15, 0.2) is 0 Å². The zero-order chi connectivity index (χ0) is 18.2. The van der Waals surface area contributed by atoms with E-state index in [-0.39, 0.29) is 23.6 Å². The van der Waals surface area contributed by atoms with Gasteiger partial charge in [0.2, 0.25) is 5.91 Å². The third-order valence-electron chi connectivity index (χ3n) is 4.93. The van der Waals surface area contributed by atoms with E-state index in [1.54, 1.807) is 12.1 Å². The molecule has 4 N–H and O–H groups in total. The van der Waals surface area contributed by atoms with Crippen LogP contribution in [0.3, 0.4) is 0 Å². The molecule has 1 fully saturated rings. The van der Waals surface area contributed by atoms with Gasteiger partial charge in [-0.05, 0) is 36.5 Å². The fourth-order valence-electron chi connectivity index (χ4n) is 3.11. The van der Waals surface area contributed by atoms with E-state index in [0.29, 0.717) is 17.8 Å². The van der Waals surface area contributed by atoms with E-state index in [4.69, 9.17) is 0 Å². The molecule has 4 atom stereocenters. The van der Waals surface area contributed by atoms with Crippen LogP contribution >= 0.6 is 12.6 Å². The first-order valence-corrected chi connectivity index (χ1v) is 9.71. The van der Waals surface area contributed by atoms with Gasteiger partial charge in [-0.2, -0.15) is 12.6 Å².